The SMILES string of the molecule is CCCC(C)(C(=O)N[C@@H](CO)c1ccc(F)cc1)c1ccc(Cl)c(Cl)c1.CCCC(CCC)N(CCC)C(C)=O. The number of carbonyl (C=O) groups excluding carboxylic acids is 2. The van der Waals surface area contributed by atoms with Gasteiger partial charge < -0.3 is 15.3 Å². The summed E-state index contributed by atoms with van der Waals surface area (Å²) in [6, 6.07) is 10.7. The number of hydrogen-bond acceptors (Lipinski definition) is 3. The second kappa shape index (κ2) is 18.3. The number of aliphatic hydroxyl groups excluding tert-OH is 1. The van der Waals surface area contributed by atoms with Crippen LogP contribution >= 0.6 is 23.2 Å². The van der Waals surface area contributed by atoms with Crippen LogP contribution in [0.5, 0.6) is 0 Å². The number of benzene rings is 2. The van der Waals surface area contributed by atoms with E-state index in [1.807, 2.05) is 18.7 Å². The molecule has 5 nitrogen and oxygen atoms in total. The van der Waals surface area contributed by atoms with Crippen molar-refractivity contribution in [1.82, 2.24) is 10.2 Å². The Morgan fingerprint density at radius 2 is 1.55 bits per heavy atom. The molecule has 2 atom stereocenters. The average molecular weight is 598 g/mol. The van der Waals surface area contributed by atoms with Crippen molar-refractivity contribution in [3.05, 3.63) is 69.5 Å². The van der Waals surface area contributed by atoms with E-state index in [1.165, 1.54) is 12.1 Å². The van der Waals surface area contributed by atoms with Gasteiger partial charge in [-0.3, -0.25) is 9.59 Å². The summed E-state index contributed by atoms with van der Waals surface area (Å²) in [5.41, 5.74) is 0.549. The van der Waals surface area contributed by atoms with Crippen LogP contribution in [0, 0.1) is 5.82 Å². The Morgan fingerprint density at radius 3 is 2.00 bits per heavy atom. The number of nitrogens with one attached hydrogen (secondary N) is 1. The van der Waals surface area contributed by atoms with Crippen molar-refractivity contribution in [2.24, 2.45) is 0 Å². The molecule has 0 saturated heterocycles. The Morgan fingerprint density at radius 1 is 0.950 bits per heavy atom. The van der Waals surface area contributed by atoms with Crippen molar-refractivity contribution in [1.29, 1.82) is 0 Å². The van der Waals surface area contributed by atoms with Crippen LogP contribution in [0.1, 0.15) is 104 Å². The minimum atomic E-state index is -0.837. The zero-order chi connectivity index (χ0) is 30.3. The van der Waals surface area contributed by atoms with Gasteiger partial charge in [0.1, 0.15) is 5.82 Å². The molecule has 2 aromatic carbocycles. The number of nitrogens with zero attached hydrogens (tertiary/aromatic N) is 1. The van der Waals surface area contributed by atoms with E-state index in [4.69, 9.17) is 23.2 Å². The Hall–Kier alpha value is -2.15. The van der Waals surface area contributed by atoms with Crippen molar-refractivity contribution in [3.63, 3.8) is 0 Å². The van der Waals surface area contributed by atoms with Gasteiger partial charge in [0.2, 0.25) is 11.8 Å². The summed E-state index contributed by atoms with van der Waals surface area (Å²) in [5.74, 6) is -0.372. The number of carbonyl (C=O) groups is 2. The zero-order valence-corrected chi connectivity index (χ0v) is 26.4. The summed E-state index contributed by atoms with van der Waals surface area (Å²) in [4.78, 5) is 26.6. The lowest BCUT2D eigenvalue weighted by molar-refractivity contribution is -0.131. The van der Waals surface area contributed by atoms with Crippen LogP contribution in [0.3, 0.4) is 0 Å². The molecule has 2 amide bonds. The van der Waals surface area contributed by atoms with Crippen molar-refractivity contribution in [2.75, 3.05) is 13.2 Å². The maximum Gasteiger partial charge on any atom is 0.230 e. The molecule has 2 N–H and O–H groups in total. The van der Waals surface area contributed by atoms with Crippen LogP contribution < -0.4 is 5.32 Å². The summed E-state index contributed by atoms with van der Waals surface area (Å²) in [6.07, 6.45) is 7.06. The molecule has 0 aliphatic rings. The highest BCUT2D eigenvalue weighted by molar-refractivity contribution is 6.42. The lowest BCUT2D eigenvalue weighted by Crippen LogP contribution is -2.44. The summed E-state index contributed by atoms with van der Waals surface area (Å²) in [5, 5.41) is 13.4. The van der Waals surface area contributed by atoms with E-state index < -0.39 is 11.5 Å². The van der Waals surface area contributed by atoms with Gasteiger partial charge in [0.25, 0.3) is 0 Å². The lowest BCUT2D eigenvalue weighted by Gasteiger charge is -2.31. The third-order valence-corrected chi connectivity index (χ3v) is 7.86. The second-order valence-electron chi connectivity index (χ2n) is 10.4. The quantitative estimate of drug-likeness (QED) is 0.230. The molecule has 40 heavy (non-hydrogen) atoms. The monoisotopic (exact) mass is 596 g/mol. The van der Waals surface area contributed by atoms with Crippen LogP contribution in [-0.2, 0) is 15.0 Å². The lowest BCUT2D eigenvalue weighted by atomic mass is 9.77. The van der Waals surface area contributed by atoms with Crippen LogP contribution in [0.4, 0.5) is 4.39 Å². The Labute approximate surface area is 250 Å². The van der Waals surface area contributed by atoms with E-state index in [1.54, 1.807) is 37.3 Å². The fourth-order valence-electron chi connectivity index (χ4n) is 4.94. The number of halogens is 3. The van der Waals surface area contributed by atoms with Crippen molar-refractivity contribution < 1.29 is 19.1 Å². The topological polar surface area (TPSA) is 69.6 Å². The summed E-state index contributed by atoms with van der Waals surface area (Å²) >= 11 is 12.1. The van der Waals surface area contributed by atoms with Crippen molar-refractivity contribution >= 4 is 35.0 Å². The minimum Gasteiger partial charge on any atom is -0.394 e. The maximum atomic E-state index is 13.1. The van der Waals surface area contributed by atoms with E-state index in [0.717, 1.165) is 50.6 Å². The molecule has 0 bridgehead atoms. The Kier molecular flexibility index (Phi) is 16.4. The van der Waals surface area contributed by atoms with Crippen LogP contribution in [0.25, 0.3) is 0 Å². The highest BCUT2D eigenvalue weighted by atomic mass is 35.5. The molecule has 0 radical (unpaired) electrons. The molecule has 0 fully saturated rings. The van der Waals surface area contributed by atoms with E-state index in [0.29, 0.717) is 28.1 Å². The molecule has 1 unspecified atom stereocenters. The molecule has 0 saturated carbocycles. The van der Waals surface area contributed by atoms with Crippen molar-refractivity contribution in [2.45, 2.75) is 104 Å². The first kappa shape index (κ1) is 35.9. The highest BCUT2D eigenvalue weighted by Gasteiger charge is 2.36. The van der Waals surface area contributed by atoms with E-state index in [9.17, 15) is 19.1 Å². The van der Waals surface area contributed by atoms with Gasteiger partial charge in [-0.1, -0.05) is 88.4 Å². The number of hydrogen-bond donors (Lipinski definition) is 2. The molecule has 0 spiro atoms. The molecule has 224 valence electrons. The first-order valence-corrected chi connectivity index (χ1v) is 15.1. The Balaban J connectivity index is 0.000000486. The molecular weight excluding hydrogens is 550 g/mol. The third-order valence-electron chi connectivity index (χ3n) is 7.12. The van der Waals surface area contributed by atoms with Crippen LogP contribution in [-0.4, -0.2) is 41.0 Å². The van der Waals surface area contributed by atoms with Gasteiger partial charge in [0.15, 0.2) is 0 Å². The van der Waals surface area contributed by atoms with E-state index in [-0.39, 0.29) is 24.2 Å². The summed E-state index contributed by atoms with van der Waals surface area (Å²) in [6.45, 7) is 12.6. The van der Waals surface area contributed by atoms with Crippen molar-refractivity contribution in [3.8, 4) is 0 Å². The van der Waals surface area contributed by atoms with Crippen LogP contribution in [0.15, 0.2) is 42.5 Å². The van der Waals surface area contributed by atoms with Gasteiger partial charge in [-0.05, 0) is 68.0 Å². The first-order chi connectivity index (χ1) is 19.0. The smallest absolute Gasteiger partial charge is 0.230 e. The average Bonchev–Trinajstić information content (AvgIpc) is 2.92. The Bertz CT molecular complexity index is 1040. The molecule has 0 aromatic heterocycles. The number of aliphatic hydroxyl groups is 1. The number of rotatable bonds is 14. The minimum absolute atomic E-state index is 0.235. The standard InChI is InChI=1S/C20H22Cl2FNO2.C12H25NO/c1-3-10-20(2,14-6-9-16(21)17(22)11-14)19(26)24-18(12-25)13-4-7-15(23)8-5-13;1-5-8-12(9-6-2)13(10-7-3)11(4)14/h4-9,11,18,25H,3,10,12H2,1-2H3,(H,24,26);12H,5-10H2,1-4H3/t18-,20?;/m0./s1. The largest absolute Gasteiger partial charge is 0.394 e. The fourth-order valence-corrected chi connectivity index (χ4v) is 5.23. The predicted octanol–water partition coefficient (Wildman–Crippen LogP) is 8.25. The van der Waals surface area contributed by atoms with Crippen LogP contribution in [0.2, 0.25) is 10.0 Å². The molecule has 2 aromatic rings. The van der Waals surface area contributed by atoms with Gasteiger partial charge >= 0.3 is 0 Å². The van der Waals surface area contributed by atoms with E-state index >= 15 is 0 Å². The van der Waals surface area contributed by atoms with E-state index in [2.05, 4.69) is 26.1 Å². The predicted molar refractivity (Wildman–Crippen MR) is 164 cm³/mol. The van der Waals surface area contributed by atoms with Gasteiger partial charge in [-0.25, -0.2) is 4.39 Å². The zero-order valence-electron chi connectivity index (χ0n) is 24.9. The molecule has 2 rings (SSSR count). The highest BCUT2D eigenvalue weighted by Crippen LogP contribution is 2.34. The molecule has 0 heterocycles. The van der Waals surface area contributed by atoms with Gasteiger partial charge in [-0.2, -0.15) is 0 Å². The third kappa shape index (κ3) is 10.7. The molecule has 8 heteroatoms. The molecule has 0 aliphatic heterocycles. The first-order valence-electron chi connectivity index (χ1n) is 14.4. The van der Waals surface area contributed by atoms with Gasteiger partial charge in [0.05, 0.1) is 28.1 Å². The summed E-state index contributed by atoms with van der Waals surface area (Å²) < 4.78 is 13.1. The van der Waals surface area contributed by atoms with Gasteiger partial charge in [-0.15, -0.1) is 0 Å². The second-order valence-corrected chi connectivity index (χ2v) is 11.2. The maximum absolute atomic E-state index is 13.1. The normalized spacial score (nSPS) is 13.2. The number of amides is 2. The summed E-state index contributed by atoms with van der Waals surface area (Å²) in [7, 11) is 0. The van der Waals surface area contributed by atoms with Gasteiger partial charge in [0, 0.05) is 19.5 Å². The molecule has 0 aliphatic carbocycles. The molecular formula is C32H47Cl2FN2O3. The fraction of sp³-hybridized carbons (Fsp3) is 0.562.